The fraction of sp³-hybridized carbons (Fsp3) is 0.400. The highest BCUT2D eigenvalue weighted by Gasteiger charge is 2.30. The van der Waals surface area contributed by atoms with E-state index >= 15 is 0 Å². The van der Waals surface area contributed by atoms with Gasteiger partial charge in [-0.25, -0.2) is 8.42 Å². The summed E-state index contributed by atoms with van der Waals surface area (Å²) < 4.78 is 29.0. The van der Waals surface area contributed by atoms with E-state index in [0.29, 0.717) is 17.9 Å². The van der Waals surface area contributed by atoms with Crippen LogP contribution in [-0.4, -0.2) is 35.6 Å². The summed E-state index contributed by atoms with van der Waals surface area (Å²) in [6.45, 7) is 4.31. The van der Waals surface area contributed by atoms with Crippen molar-refractivity contribution in [1.82, 2.24) is 14.1 Å². The molecule has 1 aromatic carbocycles. The molecular weight excluding hydrogens is 336 g/mol. The Morgan fingerprint density at radius 2 is 1.83 bits per heavy atom. The predicted octanol–water partition coefficient (Wildman–Crippen LogP) is 1.61. The molecule has 23 heavy (non-hydrogen) atoms. The maximum atomic E-state index is 13.0. The zero-order valence-corrected chi connectivity index (χ0v) is 15.2. The third kappa shape index (κ3) is 4.11. The molecule has 0 unspecified atom stereocenters. The molecule has 0 saturated heterocycles. The average molecular weight is 359 g/mol. The summed E-state index contributed by atoms with van der Waals surface area (Å²) in [6.07, 6.45) is 0. The summed E-state index contributed by atoms with van der Waals surface area (Å²) in [5.41, 5.74) is 7.68. The summed E-state index contributed by atoms with van der Waals surface area (Å²) in [5.74, 6) is 0. The van der Waals surface area contributed by atoms with Crippen molar-refractivity contribution < 1.29 is 8.42 Å². The van der Waals surface area contributed by atoms with E-state index in [9.17, 15) is 8.42 Å². The van der Waals surface area contributed by atoms with E-state index in [1.165, 1.54) is 4.31 Å². The third-order valence-electron chi connectivity index (χ3n) is 3.62. The lowest BCUT2D eigenvalue weighted by Gasteiger charge is -2.22. The highest BCUT2D eigenvalue weighted by molar-refractivity contribution is 7.89. The molecular formula is C15H23ClN4O2S. The van der Waals surface area contributed by atoms with Crippen molar-refractivity contribution in [2.45, 2.75) is 25.3 Å². The molecule has 6 nitrogen and oxygen atoms in total. The van der Waals surface area contributed by atoms with Crippen LogP contribution in [0, 0.1) is 13.8 Å². The van der Waals surface area contributed by atoms with E-state index in [-0.39, 0.29) is 30.4 Å². The number of benzene rings is 1. The minimum atomic E-state index is -3.63. The number of nitrogens with zero attached hydrogens (tertiary/aromatic N) is 3. The Morgan fingerprint density at radius 1 is 1.22 bits per heavy atom. The lowest BCUT2D eigenvalue weighted by molar-refractivity contribution is 0.413. The van der Waals surface area contributed by atoms with Gasteiger partial charge in [0.2, 0.25) is 10.0 Å². The fourth-order valence-corrected chi connectivity index (χ4v) is 4.31. The van der Waals surface area contributed by atoms with Crippen LogP contribution in [0.4, 0.5) is 0 Å². The molecule has 2 aromatic rings. The summed E-state index contributed by atoms with van der Waals surface area (Å²) in [4.78, 5) is 0.277. The maximum Gasteiger partial charge on any atom is 0.247 e. The van der Waals surface area contributed by atoms with Crippen molar-refractivity contribution in [2.75, 3.05) is 13.1 Å². The minimum Gasteiger partial charge on any atom is -0.329 e. The number of rotatable bonds is 6. The molecule has 1 aromatic heterocycles. The SMILES string of the molecule is Cc1nn(C)c(C)c1S(=O)(=O)N(CCN)Cc1ccccc1.Cl. The first kappa shape index (κ1) is 19.6. The topological polar surface area (TPSA) is 81.2 Å². The summed E-state index contributed by atoms with van der Waals surface area (Å²) in [5, 5.41) is 4.21. The van der Waals surface area contributed by atoms with Gasteiger partial charge in [0.25, 0.3) is 0 Å². The lowest BCUT2D eigenvalue weighted by Crippen LogP contribution is -2.35. The molecule has 0 saturated carbocycles. The zero-order valence-electron chi connectivity index (χ0n) is 13.6. The lowest BCUT2D eigenvalue weighted by atomic mass is 10.2. The zero-order chi connectivity index (χ0) is 16.3. The van der Waals surface area contributed by atoms with E-state index in [2.05, 4.69) is 5.10 Å². The molecule has 128 valence electrons. The van der Waals surface area contributed by atoms with Crippen LogP contribution >= 0.6 is 12.4 Å². The number of aryl methyl sites for hydroxylation is 2. The molecule has 0 aliphatic rings. The molecule has 0 bridgehead atoms. The van der Waals surface area contributed by atoms with Gasteiger partial charge < -0.3 is 5.73 Å². The standard InChI is InChI=1S/C15H22N4O2S.ClH/c1-12-15(13(2)18(3)17-12)22(20,21)19(10-9-16)11-14-7-5-4-6-8-14;/h4-8H,9-11,16H2,1-3H3;1H. The molecule has 1 heterocycles. The van der Waals surface area contributed by atoms with Gasteiger partial charge in [-0.1, -0.05) is 30.3 Å². The van der Waals surface area contributed by atoms with Crippen molar-refractivity contribution in [3.8, 4) is 0 Å². The Kier molecular flexibility index (Phi) is 6.76. The second kappa shape index (κ2) is 7.92. The van der Waals surface area contributed by atoms with Crippen molar-refractivity contribution in [3.63, 3.8) is 0 Å². The third-order valence-corrected chi connectivity index (χ3v) is 5.72. The molecule has 0 fully saturated rings. The van der Waals surface area contributed by atoms with Crippen LogP contribution in [0.2, 0.25) is 0 Å². The highest BCUT2D eigenvalue weighted by Crippen LogP contribution is 2.24. The molecule has 0 spiro atoms. The largest absolute Gasteiger partial charge is 0.329 e. The van der Waals surface area contributed by atoms with Gasteiger partial charge in [0.05, 0.1) is 11.4 Å². The molecule has 2 rings (SSSR count). The second-order valence-corrected chi connectivity index (χ2v) is 7.11. The number of hydrogen-bond acceptors (Lipinski definition) is 4. The number of nitrogens with two attached hydrogens (primary N) is 1. The van der Waals surface area contributed by atoms with E-state index in [0.717, 1.165) is 5.56 Å². The molecule has 0 amide bonds. The van der Waals surface area contributed by atoms with Crippen LogP contribution in [0.1, 0.15) is 17.0 Å². The number of hydrogen-bond donors (Lipinski definition) is 1. The Hall–Kier alpha value is -1.41. The molecule has 0 radical (unpaired) electrons. The summed E-state index contributed by atoms with van der Waals surface area (Å²) >= 11 is 0. The predicted molar refractivity (Wildman–Crippen MR) is 93.0 cm³/mol. The van der Waals surface area contributed by atoms with Crippen molar-refractivity contribution in [1.29, 1.82) is 0 Å². The van der Waals surface area contributed by atoms with Gasteiger partial charge in [-0.15, -0.1) is 12.4 Å². The van der Waals surface area contributed by atoms with E-state index in [4.69, 9.17) is 5.73 Å². The number of halogens is 1. The van der Waals surface area contributed by atoms with Gasteiger partial charge in [-0.2, -0.15) is 9.40 Å². The molecule has 2 N–H and O–H groups in total. The Labute approximate surface area is 143 Å². The van der Waals surface area contributed by atoms with E-state index < -0.39 is 10.0 Å². The molecule has 0 aliphatic heterocycles. The molecule has 0 aliphatic carbocycles. The number of sulfonamides is 1. The Balaban J connectivity index is 0.00000264. The van der Waals surface area contributed by atoms with Crippen LogP contribution in [0.3, 0.4) is 0 Å². The Bertz CT molecular complexity index is 744. The van der Waals surface area contributed by atoms with Crippen LogP contribution in [-0.2, 0) is 23.6 Å². The van der Waals surface area contributed by atoms with Crippen LogP contribution in [0.15, 0.2) is 35.2 Å². The van der Waals surface area contributed by atoms with Crippen molar-refractivity contribution in [3.05, 3.63) is 47.3 Å². The van der Waals surface area contributed by atoms with Crippen molar-refractivity contribution >= 4 is 22.4 Å². The van der Waals surface area contributed by atoms with Crippen molar-refractivity contribution in [2.24, 2.45) is 12.8 Å². The van der Waals surface area contributed by atoms with Gasteiger partial charge in [-0.05, 0) is 19.4 Å². The monoisotopic (exact) mass is 358 g/mol. The quantitative estimate of drug-likeness (QED) is 0.850. The normalized spacial score (nSPS) is 11.5. The fourth-order valence-electron chi connectivity index (χ4n) is 2.47. The average Bonchev–Trinajstić information content (AvgIpc) is 2.73. The second-order valence-electron chi connectivity index (χ2n) is 5.24. The summed E-state index contributed by atoms with van der Waals surface area (Å²) in [6, 6.07) is 9.50. The molecule has 8 heteroatoms. The van der Waals surface area contributed by atoms with Gasteiger partial charge in [-0.3, -0.25) is 4.68 Å². The molecule has 0 atom stereocenters. The first-order chi connectivity index (χ1) is 10.4. The first-order valence-corrected chi connectivity index (χ1v) is 8.56. The summed E-state index contributed by atoms with van der Waals surface area (Å²) in [7, 11) is -1.89. The van der Waals surface area contributed by atoms with Gasteiger partial charge >= 0.3 is 0 Å². The maximum absolute atomic E-state index is 13.0. The first-order valence-electron chi connectivity index (χ1n) is 7.12. The minimum absolute atomic E-state index is 0. The van der Waals surface area contributed by atoms with Crippen LogP contribution in [0.25, 0.3) is 0 Å². The van der Waals surface area contributed by atoms with Gasteiger partial charge in [0.15, 0.2) is 0 Å². The number of aromatic nitrogens is 2. The van der Waals surface area contributed by atoms with Crippen LogP contribution < -0.4 is 5.73 Å². The van der Waals surface area contributed by atoms with E-state index in [1.807, 2.05) is 30.3 Å². The van der Waals surface area contributed by atoms with Gasteiger partial charge in [0, 0.05) is 26.7 Å². The van der Waals surface area contributed by atoms with E-state index in [1.54, 1.807) is 25.6 Å². The van der Waals surface area contributed by atoms with Crippen LogP contribution in [0.5, 0.6) is 0 Å². The Morgan fingerprint density at radius 3 is 2.30 bits per heavy atom. The highest BCUT2D eigenvalue weighted by atomic mass is 35.5. The smallest absolute Gasteiger partial charge is 0.247 e. The van der Waals surface area contributed by atoms with Gasteiger partial charge in [0.1, 0.15) is 4.90 Å².